The fourth-order valence-corrected chi connectivity index (χ4v) is 2.88. The number of ether oxygens (including phenoxy) is 3. The topological polar surface area (TPSA) is 111 Å². The van der Waals surface area contributed by atoms with Crippen molar-refractivity contribution in [2.24, 2.45) is 5.92 Å². The van der Waals surface area contributed by atoms with Crippen molar-refractivity contribution in [3.05, 3.63) is 24.3 Å². The lowest BCUT2D eigenvalue weighted by atomic mass is 10.0. The van der Waals surface area contributed by atoms with Crippen molar-refractivity contribution in [2.45, 2.75) is 32.7 Å². The number of nitrogens with zero attached hydrogens (tertiary/aromatic N) is 1. The zero-order valence-electron chi connectivity index (χ0n) is 16.8. The molecule has 1 atom stereocenters. The van der Waals surface area contributed by atoms with Gasteiger partial charge in [-0.1, -0.05) is 26.0 Å². The highest BCUT2D eigenvalue weighted by atomic mass is 16.5. The summed E-state index contributed by atoms with van der Waals surface area (Å²) in [4.78, 5) is 49.3. The van der Waals surface area contributed by atoms with Gasteiger partial charge >= 0.3 is 11.9 Å². The molecule has 0 saturated carbocycles. The van der Waals surface area contributed by atoms with E-state index in [0.717, 1.165) is 0 Å². The van der Waals surface area contributed by atoms with Crippen LogP contribution >= 0.6 is 0 Å². The molecule has 158 valence electrons. The average Bonchev–Trinajstić information content (AvgIpc) is 2.70. The molecule has 9 nitrogen and oxygen atoms in total. The zero-order chi connectivity index (χ0) is 21.4. The number of nitrogens with one attached hydrogen (secondary N) is 1. The quantitative estimate of drug-likeness (QED) is 0.610. The summed E-state index contributed by atoms with van der Waals surface area (Å²) >= 11 is 0. The molecule has 0 fully saturated rings. The van der Waals surface area contributed by atoms with Gasteiger partial charge in [0.05, 0.1) is 19.2 Å². The summed E-state index contributed by atoms with van der Waals surface area (Å²) in [6.45, 7) is 3.31. The van der Waals surface area contributed by atoms with Gasteiger partial charge in [-0.05, 0) is 24.5 Å². The minimum Gasteiger partial charge on any atom is -0.482 e. The van der Waals surface area contributed by atoms with Gasteiger partial charge < -0.3 is 24.4 Å². The molecule has 0 saturated heterocycles. The Morgan fingerprint density at radius 1 is 1.24 bits per heavy atom. The smallest absolute Gasteiger partial charge is 0.328 e. The fraction of sp³-hybridized carbons (Fsp3) is 0.500. The number of benzene rings is 1. The first-order chi connectivity index (χ1) is 13.8. The van der Waals surface area contributed by atoms with Gasteiger partial charge in [0.25, 0.3) is 11.8 Å². The maximum Gasteiger partial charge on any atom is 0.328 e. The number of hydrogen-bond donors (Lipinski definition) is 1. The lowest BCUT2D eigenvalue weighted by molar-refractivity contribution is -0.150. The maximum absolute atomic E-state index is 12.1. The first-order valence-electron chi connectivity index (χ1n) is 9.36. The Morgan fingerprint density at radius 2 is 1.97 bits per heavy atom. The van der Waals surface area contributed by atoms with Crippen molar-refractivity contribution in [1.29, 1.82) is 0 Å². The number of methoxy groups -OCH3 is 1. The van der Waals surface area contributed by atoms with E-state index >= 15 is 0 Å². The van der Waals surface area contributed by atoms with E-state index in [-0.39, 0.29) is 31.4 Å². The van der Waals surface area contributed by atoms with Gasteiger partial charge in [-0.15, -0.1) is 0 Å². The van der Waals surface area contributed by atoms with Crippen LogP contribution in [0.1, 0.15) is 26.7 Å². The number of esters is 2. The molecule has 1 aliphatic heterocycles. The largest absolute Gasteiger partial charge is 0.482 e. The van der Waals surface area contributed by atoms with E-state index in [1.165, 1.54) is 12.0 Å². The van der Waals surface area contributed by atoms with Crippen LogP contribution in [0.2, 0.25) is 0 Å². The zero-order valence-corrected chi connectivity index (χ0v) is 16.8. The molecule has 1 heterocycles. The maximum atomic E-state index is 12.1. The van der Waals surface area contributed by atoms with Crippen molar-refractivity contribution < 1.29 is 33.4 Å². The second-order valence-electron chi connectivity index (χ2n) is 6.99. The van der Waals surface area contributed by atoms with E-state index in [1.54, 1.807) is 24.3 Å². The Balaban J connectivity index is 1.81. The van der Waals surface area contributed by atoms with E-state index < -0.39 is 30.5 Å². The number of carbonyl (C=O) groups excluding carboxylic acids is 4. The van der Waals surface area contributed by atoms with Gasteiger partial charge in [0, 0.05) is 6.54 Å². The van der Waals surface area contributed by atoms with E-state index in [1.807, 2.05) is 13.8 Å². The number of hydrogen-bond acceptors (Lipinski definition) is 7. The van der Waals surface area contributed by atoms with Gasteiger partial charge in [-0.3, -0.25) is 14.4 Å². The SMILES string of the molecule is COC(=O)[C@H](CC(C)C)NC(=O)COC(=O)CCN1C(=O)COc2ccccc21. The van der Waals surface area contributed by atoms with Gasteiger partial charge in [0.2, 0.25) is 0 Å². The molecular formula is C20H26N2O7. The molecule has 1 aromatic carbocycles. The van der Waals surface area contributed by atoms with Gasteiger partial charge in [0.15, 0.2) is 13.2 Å². The summed E-state index contributed by atoms with van der Waals surface area (Å²) in [5, 5.41) is 2.51. The van der Waals surface area contributed by atoms with Crippen LogP contribution in [-0.4, -0.2) is 56.7 Å². The molecule has 2 amide bonds. The van der Waals surface area contributed by atoms with Gasteiger partial charge in [0.1, 0.15) is 11.8 Å². The Hall–Kier alpha value is -3.10. The molecule has 29 heavy (non-hydrogen) atoms. The van der Waals surface area contributed by atoms with Crippen molar-refractivity contribution >= 4 is 29.4 Å². The highest BCUT2D eigenvalue weighted by Gasteiger charge is 2.26. The van der Waals surface area contributed by atoms with Crippen LogP contribution in [-0.2, 0) is 28.7 Å². The van der Waals surface area contributed by atoms with Crippen LogP contribution in [0.3, 0.4) is 0 Å². The van der Waals surface area contributed by atoms with E-state index in [9.17, 15) is 19.2 Å². The van der Waals surface area contributed by atoms with Crippen LogP contribution in [0, 0.1) is 5.92 Å². The lowest BCUT2D eigenvalue weighted by Crippen LogP contribution is -2.44. The van der Waals surface area contributed by atoms with Crippen molar-refractivity contribution in [3.8, 4) is 5.75 Å². The molecule has 0 radical (unpaired) electrons. The number of para-hydroxylation sites is 2. The first-order valence-corrected chi connectivity index (χ1v) is 9.36. The standard InChI is InChI=1S/C20H26N2O7/c1-13(2)10-14(20(26)27-3)21-17(23)11-29-19(25)8-9-22-15-6-4-5-7-16(15)28-12-18(22)24/h4-7,13-14H,8-12H2,1-3H3,(H,21,23)/t14-/m0/s1. The van der Waals surface area contributed by atoms with Gasteiger partial charge in [-0.25, -0.2) is 4.79 Å². The monoisotopic (exact) mass is 406 g/mol. The van der Waals surface area contributed by atoms with Crippen LogP contribution in [0.15, 0.2) is 24.3 Å². The Kier molecular flexibility index (Phi) is 7.99. The molecular weight excluding hydrogens is 380 g/mol. The minimum atomic E-state index is -0.798. The van der Waals surface area contributed by atoms with Crippen LogP contribution in [0.4, 0.5) is 5.69 Å². The Morgan fingerprint density at radius 3 is 2.66 bits per heavy atom. The Labute approximate surface area is 169 Å². The second kappa shape index (κ2) is 10.4. The molecule has 1 N–H and O–H groups in total. The molecule has 0 bridgehead atoms. The highest BCUT2D eigenvalue weighted by Crippen LogP contribution is 2.31. The first kappa shape index (κ1) is 22.2. The summed E-state index contributed by atoms with van der Waals surface area (Å²) in [6, 6.07) is 6.24. The van der Waals surface area contributed by atoms with E-state index in [4.69, 9.17) is 9.47 Å². The highest BCUT2D eigenvalue weighted by molar-refractivity contribution is 5.98. The number of carbonyl (C=O) groups is 4. The summed E-state index contributed by atoms with van der Waals surface area (Å²) in [6.07, 6.45) is 0.324. The van der Waals surface area contributed by atoms with Crippen molar-refractivity contribution in [2.75, 3.05) is 31.8 Å². The Bertz CT molecular complexity index is 763. The number of fused-ring (bicyclic) bond motifs is 1. The summed E-state index contributed by atoms with van der Waals surface area (Å²) in [5.41, 5.74) is 0.587. The third-order valence-corrected chi connectivity index (χ3v) is 4.24. The lowest BCUT2D eigenvalue weighted by Gasteiger charge is -2.28. The molecule has 0 aliphatic carbocycles. The predicted octanol–water partition coefficient (Wildman–Crippen LogP) is 1.05. The van der Waals surface area contributed by atoms with Crippen LogP contribution in [0.5, 0.6) is 5.75 Å². The summed E-state index contributed by atoms with van der Waals surface area (Å²) in [7, 11) is 1.24. The molecule has 0 spiro atoms. The van der Waals surface area contributed by atoms with Crippen LogP contribution < -0.4 is 15.0 Å². The summed E-state index contributed by atoms with van der Waals surface area (Å²) < 4.78 is 15.0. The fourth-order valence-electron chi connectivity index (χ4n) is 2.88. The number of amides is 2. The van der Waals surface area contributed by atoms with Crippen molar-refractivity contribution in [3.63, 3.8) is 0 Å². The summed E-state index contributed by atoms with van der Waals surface area (Å²) in [5.74, 6) is -1.31. The predicted molar refractivity (Wildman–Crippen MR) is 103 cm³/mol. The normalized spacial score (nSPS) is 13.9. The van der Waals surface area contributed by atoms with Crippen LogP contribution in [0.25, 0.3) is 0 Å². The molecule has 1 aromatic rings. The minimum absolute atomic E-state index is 0.0836. The third kappa shape index (κ3) is 6.48. The van der Waals surface area contributed by atoms with E-state index in [0.29, 0.717) is 17.9 Å². The number of rotatable bonds is 9. The third-order valence-electron chi connectivity index (χ3n) is 4.24. The second-order valence-corrected chi connectivity index (χ2v) is 6.99. The molecule has 1 aliphatic rings. The molecule has 9 heteroatoms. The number of anilines is 1. The average molecular weight is 406 g/mol. The molecule has 0 aromatic heterocycles. The van der Waals surface area contributed by atoms with E-state index in [2.05, 4.69) is 10.1 Å². The molecule has 2 rings (SSSR count). The molecule has 0 unspecified atom stereocenters. The van der Waals surface area contributed by atoms with Gasteiger partial charge in [-0.2, -0.15) is 0 Å². The van der Waals surface area contributed by atoms with Crippen molar-refractivity contribution in [1.82, 2.24) is 5.32 Å².